The number of rotatable bonds is 5. The summed E-state index contributed by atoms with van der Waals surface area (Å²) in [4.78, 5) is 21.7. The third-order valence-corrected chi connectivity index (χ3v) is 5.38. The maximum atomic E-state index is 12.5. The van der Waals surface area contributed by atoms with Gasteiger partial charge in [-0.1, -0.05) is 19.1 Å². The van der Waals surface area contributed by atoms with Crippen LogP contribution in [-0.4, -0.2) is 70.7 Å². The van der Waals surface area contributed by atoms with E-state index in [1.807, 2.05) is 23.1 Å². The molecule has 0 radical (unpaired) electrons. The second-order valence-corrected chi connectivity index (χ2v) is 6.87. The largest absolute Gasteiger partial charge is 0.379 e. The lowest BCUT2D eigenvalue weighted by atomic mass is 10.1. The summed E-state index contributed by atoms with van der Waals surface area (Å²) in [6.07, 6.45) is 1.43. The van der Waals surface area contributed by atoms with E-state index in [0.29, 0.717) is 19.0 Å². The highest BCUT2D eigenvalue weighted by molar-refractivity contribution is 5.78. The lowest BCUT2D eigenvalue weighted by Gasteiger charge is -2.46. The summed E-state index contributed by atoms with van der Waals surface area (Å²) in [5, 5.41) is 0. The van der Waals surface area contributed by atoms with Gasteiger partial charge >= 0.3 is 0 Å². The number of aryl methyl sites for hydroxylation is 2. The minimum Gasteiger partial charge on any atom is -0.379 e. The summed E-state index contributed by atoms with van der Waals surface area (Å²) in [6, 6.07) is 8.69. The van der Waals surface area contributed by atoms with Crippen molar-refractivity contribution in [1.29, 1.82) is 0 Å². The van der Waals surface area contributed by atoms with E-state index >= 15 is 0 Å². The summed E-state index contributed by atoms with van der Waals surface area (Å²) in [7, 11) is 0. The first-order valence-corrected chi connectivity index (χ1v) is 9.30. The first-order valence-electron chi connectivity index (χ1n) is 9.30. The van der Waals surface area contributed by atoms with Gasteiger partial charge < -0.3 is 14.2 Å². The molecule has 2 saturated heterocycles. The molecule has 2 aliphatic rings. The Morgan fingerprint density at radius 2 is 2.00 bits per heavy atom. The van der Waals surface area contributed by atoms with Gasteiger partial charge in [0.2, 0.25) is 5.91 Å². The number of nitrogens with zero attached hydrogens (tertiary/aromatic N) is 4. The van der Waals surface area contributed by atoms with Crippen LogP contribution in [0.2, 0.25) is 0 Å². The molecule has 0 saturated carbocycles. The number of carbonyl (C=O) groups excluding carboxylic acids is 1. The molecule has 2 fully saturated rings. The maximum Gasteiger partial charge on any atom is 0.224 e. The third-order valence-electron chi connectivity index (χ3n) is 5.38. The van der Waals surface area contributed by atoms with Gasteiger partial charge in [0.1, 0.15) is 5.82 Å². The second kappa shape index (κ2) is 7.14. The highest BCUT2D eigenvalue weighted by Crippen LogP contribution is 2.20. The number of para-hydroxylation sites is 2. The van der Waals surface area contributed by atoms with Crippen LogP contribution in [0.25, 0.3) is 11.0 Å². The minimum absolute atomic E-state index is 0.254. The van der Waals surface area contributed by atoms with Crippen molar-refractivity contribution < 1.29 is 9.53 Å². The fourth-order valence-electron chi connectivity index (χ4n) is 3.84. The summed E-state index contributed by atoms with van der Waals surface area (Å²) < 4.78 is 7.60. The van der Waals surface area contributed by atoms with Crippen molar-refractivity contribution in [2.75, 3.05) is 39.4 Å². The maximum absolute atomic E-state index is 12.5. The first kappa shape index (κ1) is 16.5. The van der Waals surface area contributed by atoms with Crippen molar-refractivity contribution in [3.8, 4) is 0 Å². The Labute approximate surface area is 148 Å². The molecule has 2 aliphatic heterocycles. The van der Waals surface area contributed by atoms with Gasteiger partial charge in [-0.2, -0.15) is 0 Å². The topological polar surface area (TPSA) is 50.6 Å². The molecular formula is C19H26N4O2. The van der Waals surface area contributed by atoms with Crippen molar-refractivity contribution >= 4 is 16.9 Å². The number of imidazole rings is 1. The van der Waals surface area contributed by atoms with Crippen molar-refractivity contribution in [3.05, 3.63) is 30.1 Å². The molecule has 2 aromatic rings. The predicted molar refractivity (Wildman–Crippen MR) is 96.5 cm³/mol. The van der Waals surface area contributed by atoms with Gasteiger partial charge in [-0.15, -0.1) is 0 Å². The van der Waals surface area contributed by atoms with Gasteiger partial charge in [0.05, 0.1) is 24.2 Å². The van der Waals surface area contributed by atoms with Crippen LogP contribution in [0.4, 0.5) is 0 Å². The Bertz CT molecular complexity index is 745. The number of aromatic nitrogens is 2. The third kappa shape index (κ3) is 3.28. The number of fused-ring (bicyclic) bond motifs is 1. The normalized spacial score (nSPS) is 19.3. The van der Waals surface area contributed by atoms with E-state index in [0.717, 1.165) is 62.7 Å². The molecule has 134 valence electrons. The Balaban J connectivity index is 1.34. The first-order chi connectivity index (χ1) is 12.3. The number of benzene rings is 1. The zero-order chi connectivity index (χ0) is 17.2. The van der Waals surface area contributed by atoms with E-state index in [2.05, 4.69) is 27.4 Å². The number of carbonyl (C=O) groups is 1. The number of morpholine rings is 1. The summed E-state index contributed by atoms with van der Waals surface area (Å²) >= 11 is 0. The molecule has 6 nitrogen and oxygen atoms in total. The van der Waals surface area contributed by atoms with E-state index in [-0.39, 0.29) is 5.91 Å². The molecule has 1 aromatic heterocycles. The molecule has 0 N–H and O–H groups in total. The molecule has 0 atom stereocenters. The Kier molecular flexibility index (Phi) is 4.72. The monoisotopic (exact) mass is 342 g/mol. The van der Waals surface area contributed by atoms with Crippen LogP contribution in [0.5, 0.6) is 0 Å². The quantitative estimate of drug-likeness (QED) is 0.827. The molecule has 3 heterocycles. The Morgan fingerprint density at radius 1 is 1.24 bits per heavy atom. The molecule has 1 amide bonds. The van der Waals surface area contributed by atoms with E-state index in [4.69, 9.17) is 4.74 Å². The van der Waals surface area contributed by atoms with E-state index in [1.54, 1.807) is 0 Å². The van der Waals surface area contributed by atoms with Crippen LogP contribution in [0.1, 0.15) is 19.2 Å². The highest BCUT2D eigenvalue weighted by Gasteiger charge is 2.35. The molecule has 6 heteroatoms. The van der Waals surface area contributed by atoms with Gasteiger partial charge in [-0.25, -0.2) is 4.98 Å². The van der Waals surface area contributed by atoms with Crippen LogP contribution in [0, 0.1) is 0 Å². The number of ether oxygens (including phenoxy) is 1. The van der Waals surface area contributed by atoms with Gasteiger partial charge in [-0.3, -0.25) is 9.69 Å². The zero-order valence-corrected chi connectivity index (χ0v) is 14.9. The SMILES string of the molecule is CCc1nc2ccccc2n1CCC(=O)N1CC(N2CCOCC2)C1. The smallest absolute Gasteiger partial charge is 0.224 e. The van der Waals surface area contributed by atoms with Crippen molar-refractivity contribution in [1.82, 2.24) is 19.4 Å². The van der Waals surface area contributed by atoms with Crippen LogP contribution in [0.15, 0.2) is 24.3 Å². The molecule has 4 rings (SSSR count). The van der Waals surface area contributed by atoms with Crippen molar-refractivity contribution in [2.45, 2.75) is 32.4 Å². The van der Waals surface area contributed by atoms with E-state index in [1.165, 1.54) is 0 Å². The lowest BCUT2D eigenvalue weighted by Crippen LogP contribution is -2.62. The van der Waals surface area contributed by atoms with Crippen molar-refractivity contribution in [2.24, 2.45) is 0 Å². The fraction of sp³-hybridized carbons (Fsp3) is 0.579. The molecule has 0 unspecified atom stereocenters. The number of likely N-dealkylation sites (tertiary alicyclic amines) is 1. The standard InChI is InChI=1S/C19H26N4O2/c1-2-18-20-16-5-3-4-6-17(16)23(18)8-7-19(24)22-13-15(14-22)21-9-11-25-12-10-21/h3-6,15H,2,7-14H2,1H3. The van der Waals surface area contributed by atoms with Crippen molar-refractivity contribution in [3.63, 3.8) is 0 Å². The van der Waals surface area contributed by atoms with E-state index < -0.39 is 0 Å². The minimum atomic E-state index is 0.254. The average Bonchev–Trinajstić information content (AvgIpc) is 2.97. The van der Waals surface area contributed by atoms with Crippen LogP contribution in [0.3, 0.4) is 0 Å². The number of amides is 1. The van der Waals surface area contributed by atoms with Crippen LogP contribution < -0.4 is 0 Å². The molecule has 0 aliphatic carbocycles. The Morgan fingerprint density at radius 3 is 2.76 bits per heavy atom. The van der Waals surface area contributed by atoms with Gasteiger partial charge in [0.15, 0.2) is 0 Å². The fourth-order valence-corrected chi connectivity index (χ4v) is 3.84. The summed E-state index contributed by atoms with van der Waals surface area (Å²) in [6.45, 7) is 8.18. The average molecular weight is 342 g/mol. The summed E-state index contributed by atoms with van der Waals surface area (Å²) in [5.74, 6) is 1.31. The summed E-state index contributed by atoms with van der Waals surface area (Å²) in [5.41, 5.74) is 2.14. The zero-order valence-electron chi connectivity index (χ0n) is 14.9. The second-order valence-electron chi connectivity index (χ2n) is 6.87. The molecule has 0 spiro atoms. The molecule has 0 bridgehead atoms. The lowest BCUT2D eigenvalue weighted by molar-refractivity contribution is -0.140. The van der Waals surface area contributed by atoms with Gasteiger partial charge in [0, 0.05) is 51.6 Å². The number of hydrogen-bond donors (Lipinski definition) is 0. The van der Waals surface area contributed by atoms with Crippen LogP contribution in [-0.2, 0) is 22.5 Å². The van der Waals surface area contributed by atoms with Gasteiger partial charge in [0.25, 0.3) is 0 Å². The van der Waals surface area contributed by atoms with E-state index in [9.17, 15) is 4.79 Å². The molecule has 25 heavy (non-hydrogen) atoms. The number of hydrogen-bond acceptors (Lipinski definition) is 4. The van der Waals surface area contributed by atoms with Crippen LogP contribution >= 0.6 is 0 Å². The predicted octanol–water partition coefficient (Wildman–Crippen LogP) is 1.53. The molecular weight excluding hydrogens is 316 g/mol. The molecule has 1 aromatic carbocycles. The highest BCUT2D eigenvalue weighted by atomic mass is 16.5. The van der Waals surface area contributed by atoms with Gasteiger partial charge in [-0.05, 0) is 12.1 Å². The Hall–Kier alpha value is -1.92.